The van der Waals surface area contributed by atoms with Gasteiger partial charge in [-0.05, 0) is 36.4 Å². The van der Waals surface area contributed by atoms with Crippen LogP contribution in [0.3, 0.4) is 0 Å². The molecule has 0 spiro atoms. The van der Waals surface area contributed by atoms with E-state index in [4.69, 9.17) is 0 Å². The van der Waals surface area contributed by atoms with Crippen molar-refractivity contribution in [3.05, 3.63) is 56.5 Å². The first-order chi connectivity index (χ1) is 13.3. The standard InChI is InChI=1S/C18H16Br2N4O4/c19-13-1-3-15(25)11(7-13)9-21-23-17(27)5-6-18(28)24-22-10-12-8-14(20)2-4-16(12)26/h1-4,7-10,25-26H,5-6H2,(H,23,27)(H,24,28). The van der Waals surface area contributed by atoms with Crippen molar-refractivity contribution < 1.29 is 19.8 Å². The van der Waals surface area contributed by atoms with Crippen molar-refractivity contribution in [3.8, 4) is 11.5 Å². The number of amides is 2. The van der Waals surface area contributed by atoms with Crippen LogP contribution in [-0.4, -0.2) is 34.5 Å². The summed E-state index contributed by atoms with van der Waals surface area (Å²) in [6, 6.07) is 9.60. The van der Waals surface area contributed by atoms with E-state index in [-0.39, 0.29) is 24.3 Å². The lowest BCUT2D eigenvalue weighted by Gasteiger charge is -2.02. The van der Waals surface area contributed by atoms with Crippen LogP contribution in [0.15, 0.2) is 55.5 Å². The molecule has 0 fully saturated rings. The molecule has 2 aromatic rings. The summed E-state index contributed by atoms with van der Waals surface area (Å²) in [5, 5.41) is 26.8. The van der Waals surface area contributed by atoms with Crippen LogP contribution in [0.2, 0.25) is 0 Å². The van der Waals surface area contributed by atoms with E-state index in [2.05, 4.69) is 52.9 Å². The highest BCUT2D eigenvalue weighted by Crippen LogP contribution is 2.20. The van der Waals surface area contributed by atoms with Gasteiger partial charge in [0.25, 0.3) is 0 Å². The predicted octanol–water partition coefficient (Wildman–Crippen LogP) is 3.00. The molecule has 28 heavy (non-hydrogen) atoms. The summed E-state index contributed by atoms with van der Waals surface area (Å²) < 4.78 is 1.51. The Bertz CT molecular complexity index is 856. The molecule has 0 aromatic heterocycles. The zero-order valence-corrected chi connectivity index (χ0v) is 17.6. The van der Waals surface area contributed by atoms with Crippen LogP contribution in [0.5, 0.6) is 11.5 Å². The summed E-state index contributed by atoms with van der Waals surface area (Å²) in [6.45, 7) is 0. The Morgan fingerprint density at radius 3 is 1.61 bits per heavy atom. The number of halogens is 2. The molecule has 0 saturated carbocycles. The van der Waals surface area contributed by atoms with Gasteiger partial charge in [-0.1, -0.05) is 31.9 Å². The van der Waals surface area contributed by atoms with Crippen molar-refractivity contribution in [3.63, 3.8) is 0 Å². The van der Waals surface area contributed by atoms with Gasteiger partial charge in [0.15, 0.2) is 0 Å². The molecule has 2 aromatic carbocycles. The van der Waals surface area contributed by atoms with Crippen LogP contribution >= 0.6 is 31.9 Å². The van der Waals surface area contributed by atoms with Gasteiger partial charge in [0.1, 0.15) is 11.5 Å². The first-order valence-corrected chi connectivity index (χ1v) is 9.54. The fraction of sp³-hybridized carbons (Fsp3) is 0.111. The maximum absolute atomic E-state index is 11.7. The second-order valence-corrected chi connectivity index (χ2v) is 7.32. The number of hydrogen-bond acceptors (Lipinski definition) is 6. The zero-order chi connectivity index (χ0) is 20.5. The molecular weight excluding hydrogens is 496 g/mol. The molecule has 2 amide bonds. The molecule has 10 heteroatoms. The number of carbonyl (C=O) groups is 2. The van der Waals surface area contributed by atoms with Crippen molar-refractivity contribution in [1.29, 1.82) is 0 Å². The lowest BCUT2D eigenvalue weighted by Crippen LogP contribution is -2.22. The van der Waals surface area contributed by atoms with Crippen LogP contribution in [0, 0.1) is 0 Å². The maximum atomic E-state index is 11.7. The van der Waals surface area contributed by atoms with E-state index in [9.17, 15) is 19.8 Å². The zero-order valence-electron chi connectivity index (χ0n) is 14.4. The minimum Gasteiger partial charge on any atom is -0.507 e. The lowest BCUT2D eigenvalue weighted by atomic mass is 10.2. The molecular formula is C18H16Br2N4O4. The summed E-state index contributed by atoms with van der Waals surface area (Å²) >= 11 is 6.54. The molecule has 0 radical (unpaired) electrons. The molecule has 4 N–H and O–H groups in total. The van der Waals surface area contributed by atoms with Gasteiger partial charge in [-0.15, -0.1) is 0 Å². The van der Waals surface area contributed by atoms with E-state index >= 15 is 0 Å². The quantitative estimate of drug-likeness (QED) is 0.337. The predicted molar refractivity (Wildman–Crippen MR) is 112 cm³/mol. The Hall–Kier alpha value is -2.72. The fourth-order valence-electron chi connectivity index (χ4n) is 1.94. The molecule has 0 aliphatic heterocycles. The number of phenolic OH excluding ortho intramolecular Hbond substituents is 2. The number of hydrogen-bond donors (Lipinski definition) is 4. The van der Waals surface area contributed by atoms with Gasteiger partial charge in [0, 0.05) is 32.9 Å². The second-order valence-electron chi connectivity index (χ2n) is 5.49. The largest absolute Gasteiger partial charge is 0.507 e. The van der Waals surface area contributed by atoms with Gasteiger partial charge >= 0.3 is 0 Å². The van der Waals surface area contributed by atoms with Gasteiger partial charge in [0.05, 0.1) is 12.4 Å². The minimum absolute atomic E-state index is 0.0231. The fourth-order valence-corrected chi connectivity index (χ4v) is 2.70. The first kappa shape index (κ1) is 21.6. The third kappa shape index (κ3) is 7.12. The van der Waals surface area contributed by atoms with Gasteiger partial charge in [-0.3, -0.25) is 9.59 Å². The molecule has 0 heterocycles. The molecule has 0 unspecified atom stereocenters. The Morgan fingerprint density at radius 1 is 0.821 bits per heavy atom. The van der Waals surface area contributed by atoms with Crippen molar-refractivity contribution in [2.75, 3.05) is 0 Å². The highest BCUT2D eigenvalue weighted by molar-refractivity contribution is 9.10. The summed E-state index contributed by atoms with van der Waals surface area (Å²) in [7, 11) is 0. The van der Waals surface area contributed by atoms with Crippen molar-refractivity contribution in [2.45, 2.75) is 12.8 Å². The van der Waals surface area contributed by atoms with Gasteiger partial charge in [-0.2, -0.15) is 10.2 Å². The molecule has 146 valence electrons. The van der Waals surface area contributed by atoms with E-state index < -0.39 is 11.8 Å². The number of nitrogens with zero attached hydrogens (tertiary/aromatic N) is 2. The van der Waals surface area contributed by atoms with E-state index in [1.165, 1.54) is 24.6 Å². The third-order valence-corrected chi connectivity index (χ3v) is 4.33. The molecule has 2 rings (SSSR count). The summed E-state index contributed by atoms with van der Waals surface area (Å²) in [5.74, 6) is -0.881. The molecule has 0 saturated heterocycles. The number of nitrogens with one attached hydrogen (secondary N) is 2. The van der Waals surface area contributed by atoms with Crippen molar-refractivity contribution in [1.82, 2.24) is 10.9 Å². The van der Waals surface area contributed by atoms with Crippen molar-refractivity contribution in [2.24, 2.45) is 10.2 Å². The number of benzene rings is 2. The Kier molecular flexibility index (Phi) is 8.15. The second kappa shape index (κ2) is 10.6. The smallest absolute Gasteiger partial charge is 0.240 e. The average Bonchev–Trinajstić information content (AvgIpc) is 2.65. The number of hydrazone groups is 2. The van der Waals surface area contributed by atoms with Crippen LogP contribution in [0.1, 0.15) is 24.0 Å². The number of phenols is 2. The highest BCUT2D eigenvalue weighted by Gasteiger charge is 2.06. The summed E-state index contributed by atoms with van der Waals surface area (Å²) in [4.78, 5) is 23.4. The number of rotatable bonds is 7. The minimum atomic E-state index is -0.463. The lowest BCUT2D eigenvalue weighted by molar-refractivity contribution is -0.126. The van der Waals surface area contributed by atoms with Gasteiger partial charge in [0.2, 0.25) is 11.8 Å². The van der Waals surface area contributed by atoms with E-state index in [0.717, 1.165) is 8.95 Å². The average molecular weight is 512 g/mol. The normalized spacial score (nSPS) is 11.1. The Labute approximate surface area is 177 Å². The number of aromatic hydroxyl groups is 2. The SMILES string of the molecule is O=C(CCC(=O)NN=Cc1cc(Br)ccc1O)NN=Cc1cc(Br)ccc1O. The molecule has 0 bridgehead atoms. The van der Waals surface area contributed by atoms with E-state index in [1.807, 2.05) is 0 Å². The summed E-state index contributed by atoms with van der Waals surface area (Å²) in [5.41, 5.74) is 5.41. The van der Waals surface area contributed by atoms with E-state index in [0.29, 0.717) is 11.1 Å². The van der Waals surface area contributed by atoms with E-state index in [1.54, 1.807) is 24.3 Å². The molecule has 0 aliphatic carbocycles. The number of carbonyl (C=O) groups excluding carboxylic acids is 2. The first-order valence-electron chi connectivity index (χ1n) is 7.96. The molecule has 0 aliphatic rings. The summed E-state index contributed by atoms with van der Waals surface area (Å²) in [6.07, 6.45) is 2.41. The highest BCUT2D eigenvalue weighted by atomic mass is 79.9. The van der Waals surface area contributed by atoms with Gasteiger partial charge < -0.3 is 10.2 Å². The topological polar surface area (TPSA) is 123 Å². The Morgan fingerprint density at radius 2 is 1.21 bits per heavy atom. The molecule has 8 nitrogen and oxygen atoms in total. The molecule has 0 atom stereocenters. The van der Waals surface area contributed by atoms with Crippen LogP contribution in [0.25, 0.3) is 0 Å². The third-order valence-electron chi connectivity index (χ3n) is 3.34. The van der Waals surface area contributed by atoms with Crippen LogP contribution in [0.4, 0.5) is 0 Å². The van der Waals surface area contributed by atoms with Gasteiger partial charge in [-0.25, -0.2) is 10.9 Å². The van der Waals surface area contributed by atoms with Crippen LogP contribution in [-0.2, 0) is 9.59 Å². The maximum Gasteiger partial charge on any atom is 0.240 e. The Balaban J connectivity index is 1.75. The van der Waals surface area contributed by atoms with Crippen molar-refractivity contribution >= 4 is 56.1 Å². The van der Waals surface area contributed by atoms with Crippen LogP contribution < -0.4 is 10.9 Å². The monoisotopic (exact) mass is 510 g/mol.